The molecule has 0 spiro atoms. The highest BCUT2D eigenvalue weighted by atomic mass is 16.5. The summed E-state index contributed by atoms with van der Waals surface area (Å²) in [5, 5.41) is 7.05. The Labute approximate surface area is 358 Å². The van der Waals surface area contributed by atoms with Gasteiger partial charge in [0.2, 0.25) is 6.33 Å². The summed E-state index contributed by atoms with van der Waals surface area (Å²) in [7, 11) is 1.97. The topological polar surface area (TPSA) is 45.7 Å². The van der Waals surface area contributed by atoms with Crippen molar-refractivity contribution in [3.8, 4) is 34.4 Å². The van der Waals surface area contributed by atoms with Crippen LogP contribution in [-0.4, -0.2) is 23.3 Å². The molecule has 12 aromatic rings. The minimum atomic E-state index is -0.103. The summed E-state index contributed by atoms with van der Waals surface area (Å²) < 4.78 is 18.0. The van der Waals surface area contributed by atoms with Crippen LogP contribution in [0.4, 0.5) is 0 Å². The second-order valence-corrected chi connectivity index (χ2v) is 17.2. The van der Waals surface area contributed by atoms with Crippen LogP contribution >= 0.6 is 0 Å². The van der Waals surface area contributed by atoms with Gasteiger partial charge in [0.05, 0.1) is 45.8 Å². The number of ether oxygens (including phenoxy) is 1. The molecule has 0 aliphatic carbocycles. The fourth-order valence-corrected chi connectivity index (χ4v) is 9.56. The van der Waals surface area contributed by atoms with Crippen molar-refractivity contribution >= 4 is 65.4 Å². The Morgan fingerprint density at radius 1 is 0.532 bits per heavy atom. The molecule has 0 bridgehead atoms. The molecule has 7 aromatic carbocycles. The molecule has 0 unspecified atom stereocenters. The van der Waals surface area contributed by atoms with Crippen LogP contribution in [0.2, 0.25) is 0 Å². The fraction of sp³-hybridized carbons (Fsp3) is 0.0909. The summed E-state index contributed by atoms with van der Waals surface area (Å²) >= 11 is 0. The van der Waals surface area contributed by atoms with Gasteiger partial charge >= 0.3 is 0 Å². The van der Waals surface area contributed by atoms with Crippen molar-refractivity contribution in [1.29, 1.82) is 0 Å². The van der Waals surface area contributed by atoms with Gasteiger partial charge in [-0.1, -0.05) is 106 Å². The van der Waals surface area contributed by atoms with E-state index < -0.39 is 0 Å². The number of rotatable bonds is 6. The largest absolute Gasteiger partial charge is 0.458 e. The van der Waals surface area contributed by atoms with Crippen LogP contribution < -0.4 is 9.30 Å². The highest BCUT2D eigenvalue weighted by molar-refractivity contribution is 6.40. The summed E-state index contributed by atoms with van der Waals surface area (Å²) in [4.78, 5) is 5.21. The van der Waals surface area contributed by atoms with E-state index in [-0.39, 0.29) is 5.41 Å². The van der Waals surface area contributed by atoms with Crippen molar-refractivity contribution in [2.24, 2.45) is 7.05 Å². The number of aromatic nitrogens is 6. The summed E-state index contributed by atoms with van der Waals surface area (Å²) in [5.74, 6) is 2.32. The normalized spacial score (nSPS) is 12.2. The highest BCUT2D eigenvalue weighted by Crippen LogP contribution is 2.50. The lowest BCUT2D eigenvalue weighted by Gasteiger charge is -2.20. The van der Waals surface area contributed by atoms with Crippen molar-refractivity contribution in [3.63, 3.8) is 0 Å². The average molecular weight is 803 g/mol. The Morgan fingerprint density at radius 3 is 1.81 bits per heavy atom. The van der Waals surface area contributed by atoms with Gasteiger partial charge in [0.25, 0.3) is 0 Å². The van der Waals surface area contributed by atoms with Crippen molar-refractivity contribution in [3.05, 3.63) is 194 Å². The molecule has 7 nitrogen and oxygen atoms in total. The third-order valence-corrected chi connectivity index (χ3v) is 12.3. The maximum absolute atomic E-state index is 6.79. The van der Waals surface area contributed by atoms with E-state index in [1.807, 2.05) is 46.9 Å². The minimum Gasteiger partial charge on any atom is -0.458 e. The lowest BCUT2D eigenvalue weighted by atomic mass is 9.88. The van der Waals surface area contributed by atoms with Crippen molar-refractivity contribution in [2.45, 2.75) is 26.2 Å². The molecule has 12 rings (SSSR count). The van der Waals surface area contributed by atoms with Gasteiger partial charge < -0.3 is 23.0 Å². The maximum atomic E-state index is 6.79. The van der Waals surface area contributed by atoms with Crippen LogP contribution in [0.1, 0.15) is 26.3 Å². The zero-order valence-corrected chi connectivity index (χ0v) is 34.9. The van der Waals surface area contributed by atoms with Crippen LogP contribution in [0.3, 0.4) is 0 Å². The first-order valence-corrected chi connectivity index (χ1v) is 21.1. The molecule has 0 radical (unpaired) electrons. The molecule has 0 aliphatic rings. The van der Waals surface area contributed by atoms with Crippen molar-refractivity contribution in [2.75, 3.05) is 0 Å². The average Bonchev–Trinajstić information content (AvgIpc) is 4.06. The maximum Gasteiger partial charge on any atom is 0.243 e. The van der Waals surface area contributed by atoms with E-state index >= 15 is 0 Å². The van der Waals surface area contributed by atoms with Gasteiger partial charge in [-0.2, -0.15) is 0 Å². The molecule has 5 aromatic heterocycles. The molecular weight excluding hydrogens is 761 g/mol. The van der Waals surface area contributed by atoms with Gasteiger partial charge in [-0.25, -0.2) is 4.98 Å². The second-order valence-electron chi connectivity index (χ2n) is 17.2. The van der Waals surface area contributed by atoms with Crippen LogP contribution in [-0.2, 0) is 12.5 Å². The zero-order valence-electron chi connectivity index (χ0n) is 34.9. The van der Waals surface area contributed by atoms with E-state index in [2.05, 4.69) is 192 Å². The molecule has 5 heterocycles. The summed E-state index contributed by atoms with van der Waals surface area (Å²) in [6, 6.07) is 58.4. The Morgan fingerprint density at radius 2 is 1.13 bits per heavy atom. The van der Waals surface area contributed by atoms with Crippen molar-refractivity contribution < 1.29 is 9.30 Å². The van der Waals surface area contributed by atoms with E-state index in [0.717, 1.165) is 67.3 Å². The number of aryl methyl sites for hydroxylation is 1. The number of hydrogen-bond acceptors (Lipinski definition) is 2. The predicted molar refractivity (Wildman–Crippen MR) is 252 cm³/mol. The number of hydrogen-bond donors (Lipinski definition) is 0. The van der Waals surface area contributed by atoms with Gasteiger partial charge in [-0.3, -0.25) is 4.57 Å². The van der Waals surface area contributed by atoms with Gasteiger partial charge in [-0.15, -0.1) is 0 Å². The van der Waals surface area contributed by atoms with E-state index in [9.17, 15) is 0 Å². The summed E-state index contributed by atoms with van der Waals surface area (Å²) in [6.07, 6.45) is 9.24. The highest BCUT2D eigenvalue weighted by Gasteiger charge is 2.29. The van der Waals surface area contributed by atoms with Gasteiger partial charge in [-0.05, 0) is 83.8 Å². The zero-order chi connectivity index (χ0) is 41.7. The van der Waals surface area contributed by atoms with E-state index in [0.29, 0.717) is 0 Å². The van der Waals surface area contributed by atoms with E-state index in [1.54, 1.807) is 0 Å². The number of benzene rings is 7. The van der Waals surface area contributed by atoms with Crippen LogP contribution in [0.5, 0.6) is 11.5 Å². The molecule has 0 N–H and O–H groups in total. The van der Waals surface area contributed by atoms with E-state index in [1.165, 1.54) is 38.0 Å². The van der Waals surface area contributed by atoms with Crippen LogP contribution in [0.15, 0.2) is 182 Å². The van der Waals surface area contributed by atoms with E-state index in [4.69, 9.17) is 9.72 Å². The smallest absolute Gasteiger partial charge is 0.243 e. The Balaban J connectivity index is 1.29. The number of imidazole rings is 1. The Kier molecular flexibility index (Phi) is 7.87. The Hall–Kier alpha value is -7.90. The van der Waals surface area contributed by atoms with Crippen LogP contribution in [0, 0.1) is 6.33 Å². The molecule has 0 amide bonds. The SMILES string of the molecule is Cn1[c-][n+](-c2cccc(Oc3ccc4c5c6c7ccccc7n(-c7ccccc7)c6c6c7ccccc7n(-c7ccccc7)c6c5n(-c5cc(C(C)(C)C)ccn5)c4c3)c2)cc1. The molecule has 0 fully saturated rings. The molecule has 0 aliphatic heterocycles. The molecule has 7 heteroatoms. The van der Waals surface area contributed by atoms with Crippen LogP contribution in [0.25, 0.3) is 88.3 Å². The molecule has 298 valence electrons. The monoisotopic (exact) mass is 802 g/mol. The number of para-hydroxylation sites is 4. The predicted octanol–water partition coefficient (Wildman–Crippen LogP) is 12.9. The molecule has 62 heavy (non-hydrogen) atoms. The van der Waals surface area contributed by atoms with Crippen molar-refractivity contribution in [1.82, 2.24) is 23.3 Å². The van der Waals surface area contributed by atoms with Gasteiger partial charge in [0, 0.05) is 68.3 Å². The molecule has 0 atom stereocenters. The quantitative estimate of drug-likeness (QED) is 0.124. The lowest BCUT2D eigenvalue weighted by Crippen LogP contribution is -2.27. The first-order chi connectivity index (χ1) is 30.3. The fourth-order valence-electron chi connectivity index (χ4n) is 9.56. The minimum absolute atomic E-state index is 0.103. The second kappa shape index (κ2) is 13.6. The summed E-state index contributed by atoms with van der Waals surface area (Å²) in [6.45, 7) is 6.78. The molecular formula is C55H42N6O. The number of fused-ring (bicyclic) bond motifs is 12. The number of pyridine rings is 1. The summed E-state index contributed by atoms with van der Waals surface area (Å²) in [5.41, 5.74) is 11.0. The third kappa shape index (κ3) is 5.44. The van der Waals surface area contributed by atoms with Gasteiger partial charge in [0.1, 0.15) is 17.3 Å². The molecule has 0 saturated heterocycles. The first-order valence-electron chi connectivity index (χ1n) is 21.1. The lowest BCUT2D eigenvalue weighted by molar-refractivity contribution is -0.599. The standard InChI is InChI=1S/C55H42N6O/c1-55(2,3)36-28-29-56-48(32-36)61-47-34-41(62-40-21-15-20-39(33-40)58-31-30-57(4)35-58)26-27-44(47)50-49-42-22-11-13-24-45(42)59(37-16-7-5-8-17-37)52(49)51-43-23-12-14-25-46(43)60(54(51)53(50)61)38-18-9-6-10-19-38/h5-34H,1-4H3. The molecule has 0 saturated carbocycles. The number of nitrogens with zero attached hydrogens (tertiary/aromatic N) is 6. The first kappa shape index (κ1) is 36.0. The third-order valence-electron chi connectivity index (χ3n) is 12.3. The Bertz CT molecular complexity index is 3710. The van der Waals surface area contributed by atoms with Gasteiger partial charge in [0.15, 0.2) is 0 Å².